The van der Waals surface area contributed by atoms with E-state index < -0.39 is 35.6 Å². The van der Waals surface area contributed by atoms with E-state index >= 15 is 0 Å². The number of amides is 4. The summed E-state index contributed by atoms with van der Waals surface area (Å²) in [5.41, 5.74) is -0.840. The number of fused-ring (bicyclic) bond motifs is 2. The fraction of sp³-hybridized carbons (Fsp3) is 0.433. The van der Waals surface area contributed by atoms with Gasteiger partial charge in [0.25, 0.3) is 23.6 Å². The summed E-state index contributed by atoms with van der Waals surface area (Å²) in [6, 6.07) is -1.37. The molecule has 0 N–H and O–H groups in total. The molecule has 0 spiro atoms. The molecule has 248 valence electrons. The summed E-state index contributed by atoms with van der Waals surface area (Å²) < 4.78 is 5.51. The highest BCUT2D eigenvalue weighted by molar-refractivity contribution is 6.56. The molecule has 0 unspecified atom stereocenters. The van der Waals surface area contributed by atoms with Gasteiger partial charge in [-0.3, -0.25) is 29.0 Å². The van der Waals surface area contributed by atoms with Crippen molar-refractivity contribution >= 4 is 122 Å². The number of hydrogen-bond acceptors (Lipinski definition) is 6. The van der Waals surface area contributed by atoms with Crippen molar-refractivity contribution in [2.45, 2.75) is 70.8 Å². The van der Waals surface area contributed by atoms with Crippen LogP contribution in [0.1, 0.15) is 106 Å². The smallest absolute Gasteiger partial charge is 0.329 e. The van der Waals surface area contributed by atoms with Gasteiger partial charge in [-0.1, -0.05) is 132 Å². The standard InChI is InChI=1S/C30H26Cl8N2O6/c1-2-3-4-5-6-9-12-46-30(45)13(40-28(43)16-17(29(40)44)21(34)25(38)24(37)20(16)33)10-7-8-11-39-26(41)14-15(27(39)42)19(32)23(36)22(35)18(14)31/h13H,2-12H2,1H3/t13-/m1/s1. The molecule has 4 amide bonds. The molecule has 0 fully saturated rings. The van der Waals surface area contributed by atoms with Crippen LogP contribution in [0.3, 0.4) is 0 Å². The lowest BCUT2D eigenvalue weighted by Crippen LogP contribution is -2.46. The maximum absolute atomic E-state index is 13.5. The number of rotatable bonds is 14. The number of esters is 1. The zero-order chi connectivity index (χ0) is 34.0. The topological polar surface area (TPSA) is 101 Å². The third-order valence-electron chi connectivity index (χ3n) is 7.75. The molecule has 0 bridgehead atoms. The average Bonchev–Trinajstić information content (AvgIpc) is 3.44. The fourth-order valence-electron chi connectivity index (χ4n) is 5.36. The van der Waals surface area contributed by atoms with Crippen molar-refractivity contribution < 1.29 is 28.7 Å². The lowest BCUT2D eigenvalue weighted by Gasteiger charge is -2.25. The first-order valence-corrected chi connectivity index (χ1v) is 17.4. The molecular formula is C30H26Cl8N2O6. The van der Waals surface area contributed by atoms with E-state index in [4.69, 9.17) is 97.5 Å². The molecule has 2 aliphatic heterocycles. The van der Waals surface area contributed by atoms with Crippen LogP contribution in [0.4, 0.5) is 0 Å². The molecule has 0 radical (unpaired) electrons. The highest BCUT2D eigenvalue weighted by Gasteiger charge is 2.47. The molecule has 0 aromatic heterocycles. The molecule has 2 aromatic carbocycles. The van der Waals surface area contributed by atoms with Gasteiger partial charge in [0.15, 0.2) is 0 Å². The van der Waals surface area contributed by atoms with E-state index in [0.717, 1.165) is 41.9 Å². The van der Waals surface area contributed by atoms with Gasteiger partial charge in [-0.25, -0.2) is 4.79 Å². The summed E-state index contributed by atoms with van der Waals surface area (Å²) in [5, 5.41) is -1.64. The highest BCUT2D eigenvalue weighted by Crippen LogP contribution is 2.46. The van der Waals surface area contributed by atoms with E-state index in [2.05, 4.69) is 6.92 Å². The number of carbonyl (C=O) groups excluding carboxylic acids is 5. The molecular weight excluding hydrogens is 768 g/mol. The lowest BCUT2D eigenvalue weighted by atomic mass is 10.1. The van der Waals surface area contributed by atoms with Crippen LogP contribution in [0, 0.1) is 0 Å². The molecule has 2 aliphatic rings. The third-order valence-corrected chi connectivity index (χ3v) is 11.4. The van der Waals surface area contributed by atoms with Crippen LogP contribution in [0.5, 0.6) is 0 Å². The maximum atomic E-state index is 13.5. The van der Waals surface area contributed by atoms with Crippen LogP contribution < -0.4 is 0 Å². The summed E-state index contributed by atoms with van der Waals surface area (Å²) in [7, 11) is 0. The van der Waals surface area contributed by atoms with Gasteiger partial charge in [0.1, 0.15) is 6.04 Å². The first-order chi connectivity index (χ1) is 21.8. The fourth-order valence-corrected chi connectivity index (χ4v) is 7.39. The van der Waals surface area contributed by atoms with E-state index in [0.29, 0.717) is 6.42 Å². The Balaban J connectivity index is 1.50. The number of hydrogen-bond donors (Lipinski definition) is 0. The van der Waals surface area contributed by atoms with Crippen molar-refractivity contribution in [2.75, 3.05) is 13.2 Å². The van der Waals surface area contributed by atoms with Gasteiger partial charge >= 0.3 is 5.97 Å². The summed E-state index contributed by atoms with van der Waals surface area (Å²) in [6.07, 6.45) is 5.99. The number of benzene rings is 2. The van der Waals surface area contributed by atoms with Crippen LogP contribution in [0.25, 0.3) is 0 Å². The quantitative estimate of drug-likeness (QED) is 0.0621. The lowest BCUT2D eigenvalue weighted by molar-refractivity contribution is -0.148. The first-order valence-electron chi connectivity index (χ1n) is 14.4. The SMILES string of the molecule is CCCCCCCCOC(=O)[C@@H](CCCCN1C(=O)c2c(Cl)c(Cl)c(Cl)c(Cl)c2C1=O)N1C(=O)c2c(Cl)c(Cl)c(Cl)c(Cl)c2C1=O. The van der Waals surface area contributed by atoms with Crippen LogP contribution in [0.2, 0.25) is 40.2 Å². The second-order valence-electron chi connectivity index (χ2n) is 10.7. The van der Waals surface area contributed by atoms with Gasteiger partial charge in [-0.05, 0) is 25.7 Å². The van der Waals surface area contributed by atoms with Gasteiger partial charge in [-0.2, -0.15) is 0 Å². The monoisotopic (exact) mass is 790 g/mol. The van der Waals surface area contributed by atoms with Crippen LogP contribution >= 0.6 is 92.8 Å². The number of imide groups is 2. The Morgan fingerprint density at radius 3 is 1.43 bits per heavy atom. The Morgan fingerprint density at radius 2 is 0.978 bits per heavy atom. The molecule has 8 nitrogen and oxygen atoms in total. The number of carbonyl (C=O) groups is 5. The molecule has 2 aromatic rings. The van der Waals surface area contributed by atoms with Crippen LogP contribution in [0.15, 0.2) is 0 Å². The molecule has 0 aliphatic carbocycles. The van der Waals surface area contributed by atoms with Crippen LogP contribution in [-0.2, 0) is 9.53 Å². The maximum Gasteiger partial charge on any atom is 0.329 e. The largest absolute Gasteiger partial charge is 0.464 e. The summed E-state index contributed by atoms with van der Waals surface area (Å²) >= 11 is 49.5. The van der Waals surface area contributed by atoms with Gasteiger partial charge < -0.3 is 4.74 Å². The molecule has 0 saturated carbocycles. The zero-order valence-electron chi connectivity index (χ0n) is 24.2. The predicted octanol–water partition coefficient (Wildman–Crippen LogP) is 10.2. The van der Waals surface area contributed by atoms with E-state index in [1.165, 1.54) is 0 Å². The van der Waals surface area contributed by atoms with Crippen molar-refractivity contribution in [1.29, 1.82) is 0 Å². The van der Waals surface area contributed by atoms with E-state index in [-0.39, 0.29) is 94.8 Å². The Bertz CT molecular complexity index is 1540. The molecule has 2 heterocycles. The van der Waals surface area contributed by atoms with E-state index in [1.54, 1.807) is 0 Å². The van der Waals surface area contributed by atoms with Gasteiger partial charge in [0.05, 0.1) is 69.0 Å². The minimum atomic E-state index is -1.37. The minimum Gasteiger partial charge on any atom is -0.464 e. The first kappa shape index (κ1) is 37.3. The Kier molecular flexibility index (Phi) is 12.8. The number of unbranched alkanes of at least 4 members (excludes halogenated alkanes) is 6. The summed E-state index contributed by atoms with van der Waals surface area (Å²) in [5.74, 6) is -4.00. The normalized spacial score (nSPS) is 14.8. The molecule has 4 rings (SSSR count). The Morgan fingerprint density at radius 1 is 0.565 bits per heavy atom. The van der Waals surface area contributed by atoms with Crippen LogP contribution in [-0.4, -0.2) is 58.6 Å². The predicted molar refractivity (Wildman–Crippen MR) is 181 cm³/mol. The van der Waals surface area contributed by atoms with Gasteiger partial charge in [0, 0.05) is 6.54 Å². The van der Waals surface area contributed by atoms with Gasteiger partial charge in [-0.15, -0.1) is 0 Å². The summed E-state index contributed by atoms with van der Waals surface area (Å²) in [6.45, 7) is 2.10. The molecule has 16 heteroatoms. The average molecular weight is 794 g/mol. The second-order valence-corrected chi connectivity index (χ2v) is 13.7. The molecule has 0 saturated heterocycles. The second kappa shape index (κ2) is 15.8. The third kappa shape index (κ3) is 6.97. The van der Waals surface area contributed by atoms with Gasteiger partial charge in [0.2, 0.25) is 0 Å². The Hall–Kier alpha value is -1.49. The summed E-state index contributed by atoms with van der Waals surface area (Å²) in [4.78, 5) is 68.3. The van der Waals surface area contributed by atoms with Crippen molar-refractivity contribution in [3.05, 3.63) is 62.4 Å². The van der Waals surface area contributed by atoms with E-state index in [1.807, 2.05) is 0 Å². The molecule has 46 heavy (non-hydrogen) atoms. The van der Waals surface area contributed by atoms with E-state index in [9.17, 15) is 24.0 Å². The van der Waals surface area contributed by atoms with Crippen molar-refractivity contribution in [3.63, 3.8) is 0 Å². The number of nitrogens with zero attached hydrogens (tertiary/aromatic N) is 2. The number of ether oxygens (including phenoxy) is 1. The van der Waals surface area contributed by atoms with Crippen molar-refractivity contribution in [3.8, 4) is 0 Å². The zero-order valence-corrected chi connectivity index (χ0v) is 30.3. The van der Waals surface area contributed by atoms with Crippen molar-refractivity contribution in [2.24, 2.45) is 0 Å². The number of halogens is 8. The minimum absolute atomic E-state index is 0.0696. The highest BCUT2D eigenvalue weighted by atomic mass is 35.5. The van der Waals surface area contributed by atoms with Crippen molar-refractivity contribution in [1.82, 2.24) is 9.80 Å². The Labute approximate surface area is 305 Å². The molecule has 1 atom stereocenters.